The van der Waals surface area contributed by atoms with Gasteiger partial charge in [0.15, 0.2) is 11.5 Å². The first-order valence-corrected chi connectivity index (χ1v) is 7.72. The van der Waals surface area contributed by atoms with Crippen LogP contribution in [-0.4, -0.2) is 33.1 Å². The molecule has 0 unspecified atom stereocenters. The lowest BCUT2D eigenvalue weighted by Gasteiger charge is -2.12. The van der Waals surface area contributed by atoms with Crippen LogP contribution < -0.4 is 25.1 Å². The van der Waals surface area contributed by atoms with E-state index in [1.165, 1.54) is 27.4 Å². The molecule has 0 atom stereocenters. The highest BCUT2D eigenvalue weighted by Crippen LogP contribution is 2.38. The zero-order chi connectivity index (χ0) is 18.9. The molecule has 0 bridgehead atoms. The Morgan fingerprint density at radius 2 is 1.50 bits per heavy atom. The van der Waals surface area contributed by atoms with Gasteiger partial charge >= 0.3 is 0 Å². The summed E-state index contributed by atoms with van der Waals surface area (Å²) in [5.41, 5.74) is 5.77. The van der Waals surface area contributed by atoms with E-state index < -0.39 is 11.8 Å². The maximum Gasteiger partial charge on any atom is 0.269 e. The van der Waals surface area contributed by atoms with Crippen LogP contribution in [0.2, 0.25) is 0 Å². The average molecular weight is 356 g/mol. The van der Waals surface area contributed by atoms with Gasteiger partial charge in [0, 0.05) is 11.6 Å². The molecule has 0 heterocycles. The first-order chi connectivity index (χ1) is 12.6. The lowest BCUT2D eigenvalue weighted by atomic mass is 10.1. The molecule has 2 aromatic carbocycles. The van der Waals surface area contributed by atoms with E-state index in [2.05, 4.69) is 10.9 Å². The van der Waals surface area contributed by atoms with E-state index >= 15 is 0 Å². The van der Waals surface area contributed by atoms with Crippen molar-refractivity contribution in [1.29, 1.82) is 0 Å². The number of amides is 2. The van der Waals surface area contributed by atoms with Gasteiger partial charge in [0.25, 0.3) is 11.8 Å². The van der Waals surface area contributed by atoms with Gasteiger partial charge in [-0.05, 0) is 35.9 Å². The molecule has 7 heteroatoms. The highest BCUT2D eigenvalue weighted by molar-refractivity contribution is 5.97. The predicted octanol–water partition coefficient (Wildman–Crippen LogP) is 2.19. The van der Waals surface area contributed by atoms with Crippen molar-refractivity contribution in [3.63, 3.8) is 0 Å². The molecule has 0 spiro atoms. The van der Waals surface area contributed by atoms with E-state index in [0.29, 0.717) is 28.4 Å². The minimum atomic E-state index is -0.483. The summed E-state index contributed by atoms with van der Waals surface area (Å²) in [6.45, 7) is 0. The summed E-state index contributed by atoms with van der Waals surface area (Å²) in [7, 11) is 4.53. The average Bonchev–Trinajstić information content (AvgIpc) is 2.69. The Balaban J connectivity index is 2.02. The van der Waals surface area contributed by atoms with Gasteiger partial charge in [-0.3, -0.25) is 20.4 Å². The molecule has 0 aliphatic heterocycles. The zero-order valence-electron chi connectivity index (χ0n) is 14.7. The molecule has 0 aliphatic rings. The maximum absolute atomic E-state index is 11.9. The lowest BCUT2D eigenvalue weighted by molar-refractivity contribution is -0.117. The van der Waals surface area contributed by atoms with Crippen LogP contribution in [0.5, 0.6) is 17.2 Å². The second kappa shape index (κ2) is 9.12. The Hall–Kier alpha value is -3.48. The third-order valence-electron chi connectivity index (χ3n) is 3.45. The molecule has 2 amide bonds. The number of hydrazine groups is 1. The van der Waals surface area contributed by atoms with E-state index in [0.717, 1.165) is 0 Å². The van der Waals surface area contributed by atoms with Crippen LogP contribution in [0.3, 0.4) is 0 Å². The Kier molecular flexibility index (Phi) is 6.61. The van der Waals surface area contributed by atoms with Crippen LogP contribution in [-0.2, 0) is 4.79 Å². The minimum absolute atomic E-state index is 0.403. The van der Waals surface area contributed by atoms with Crippen molar-refractivity contribution in [2.75, 3.05) is 21.3 Å². The van der Waals surface area contributed by atoms with Crippen molar-refractivity contribution in [2.24, 2.45) is 0 Å². The SMILES string of the molecule is COc1cc(/C=C/C(=O)NNC(=O)c2ccccc2)cc(OC)c1OC. The fourth-order valence-electron chi connectivity index (χ4n) is 2.19. The minimum Gasteiger partial charge on any atom is -0.493 e. The summed E-state index contributed by atoms with van der Waals surface area (Å²) in [6, 6.07) is 12.0. The van der Waals surface area contributed by atoms with Crippen molar-refractivity contribution in [1.82, 2.24) is 10.9 Å². The number of carbonyl (C=O) groups excluding carboxylic acids is 2. The van der Waals surface area contributed by atoms with Crippen molar-refractivity contribution in [3.05, 3.63) is 59.7 Å². The van der Waals surface area contributed by atoms with Gasteiger partial charge in [-0.15, -0.1) is 0 Å². The fraction of sp³-hybridized carbons (Fsp3) is 0.158. The highest BCUT2D eigenvalue weighted by Gasteiger charge is 2.12. The smallest absolute Gasteiger partial charge is 0.269 e. The molecule has 2 rings (SSSR count). The molecule has 7 nitrogen and oxygen atoms in total. The number of benzene rings is 2. The molecule has 0 radical (unpaired) electrons. The molecular formula is C19H20N2O5. The van der Waals surface area contributed by atoms with Crippen LogP contribution in [0.1, 0.15) is 15.9 Å². The van der Waals surface area contributed by atoms with E-state index in [9.17, 15) is 9.59 Å². The predicted molar refractivity (Wildman–Crippen MR) is 97.2 cm³/mol. The second-order valence-electron chi connectivity index (χ2n) is 5.10. The lowest BCUT2D eigenvalue weighted by Crippen LogP contribution is -2.40. The molecule has 2 aromatic rings. The Morgan fingerprint density at radius 3 is 2.04 bits per heavy atom. The maximum atomic E-state index is 11.9. The number of hydrogen-bond donors (Lipinski definition) is 2. The van der Waals surface area contributed by atoms with Crippen LogP contribution in [0.4, 0.5) is 0 Å². The molecule has 2 N–H and O–H groups in total. The van der Waals surface area contributed by atoms with Crippen molar-refractivity contribution in [2.45, 2.75) is 0 Å². The highest BCUT2D eigenvalue weighted by atomic mass is 16.5. The molecule has 0 saturated heterocycles. The number of rotatable bonds is 6. The summed E-state index contributed by atoms with van der Waals surface area (Å²) < 4.78 is 15.8. The van der Waals surface area contributed by atoms with Crippen molar-refractivity contribution in [3.8, 4) is 17.2 Å². The summed E-state index contributed by atoms with van der Waals surface area (Å²) >= 11 is 0. The number of ether oxygens (including phenoxy) is 3. The van der Waals surface area contributed by atoms with Crippen molar-refractivity contribution >= 4 is 17.9 Å². The summed E-state index contributed by atoms with van der Waals surface area (Å²) in [5, 5.41) is 0. The summed E-state index contributed by atoms with van der Waals surface area (Å²) in [4.78, 5) is 23.7. The first kappa shape index (κ1) is 18.9. The van der Waals surface area contributed by atoms with Gasteiger partial charge < -0.3 is 14.2 Å². The Morgan fingerprint density at radius 1 is 0.885 bits per heavy atom. The molecular weight excluding hydrogens is 336 g/mol. The monoisotopic (exact) mass is 356 g/mol. The number of carbonyl (C=O) groups is 2. The Labute approximate surface area is 151 Å². The van der Waals surface area contributed by atoms with Crippen LogP contribution in [0.25, 0.3) is 6.08 Å². The molecule has 0 aromatic heterocycles. The molecule has 0 fully saturated rings. The summed E-state index contributed by atoms with van der Waals surface area (Å²) in [5.74, 6) is 0.531. The van der Waals surface area contributed by atoms with E-state index in [1.807, 2.05) is 0 Å². The van der Waals surface area contributed by atoms with E-state index in [-0.39, 0.29) is 0 Å². The van der Waals surface area contributed by atoms with Crippen LogP contribution >= 0.6 is 0 Å². The fourth-order valence-corrected chi connectivity index (χ4v) is 2.19. The standard InChI is InChI=1S/C19H20N2O5/c1-24-15-11-13(12-16(25-2)18(15)26-3)9-10-17(22)20-21-19(23)14-7-5-4-6-8-14/h4-12H,1-3H3,(H,20,22)(H,21,23)/b10-9+. The van der Waals surface area contributed by atoms with Crippen molar-refractivity contribution < 1.29 is 23.8 Å². The topological polar surface area (TPSA) is 85.9 Å². The third kappa shape index (κ3) is 4.76. The first-order valence-electron chi connectivity index (χ1n) is 7.72. The van der Waals surface area contributed by atoms with Crippen LogP contribution in [0, 0.1) is 0 Å². The number of methoxy groups -OCH3 is 3. The largest absolute Gasteiger partial charge is 0.493 e. The van der Waals surface area contributed by atoms with Gasteiger partial charge in [-0.2, -0.15) is 0 Å². The second-order valence-corrected chi connectivity index (χ2v) is 5.10. The number of hydrogen-bond acceptors (Lipinski definition) is 5. The van der Waals surface area contributed by atoms with Gasteiger partial charge in [0.05, 0.1) is 21.3 Å². The van der Waals surface area contributed by atoms with Gasteiger partial charge in [0.1, 0.15) is 0 Å². The number of nitrogens with one attached hydrogen (secondary N) is 2. The van der Waals surface area contributed by atoms with Gasteiger partial charge in [-0.25, -0.2) is 0 Å². The summed E-state index contributed by atoms with van der Waals surface area (Å²) in [6.07, 6.45) is 2.85. The normalized spacial score (nSPS) is 10.3. The molecule has 0 saturated carbocycles. The quantitative estimate of drug-likeness (QED) is 0.612. The van der Waals surface area contributed by atoms with Crippen LogP contribution in [0.15, 0.2) is 48.5 Å². The van der Waals surface area contributed by atoms with Gasteiger partial charge in [0.2, 0.25) is 5.75 Å². The Bertz CT molecular complexity index is 778. The third-order valence-corrected chi connectivity index (χ3v) is 3.45. The van der Waals surface area contributed by atoms with Gasteiger partial charge in [-0.1, -0.05) is 18.2 Å². The molecule has 26 heavy (non-hydrogen) atoms. The molecule has 0 aliphatic carbocycles. The van der Waals surface area contributed by atoms with E-state index in [4.69, 9.17) is 14.2 Å². The van der Waals surface area contributed by atoms with E-state index in [1.54, 1.807) is 48.5 Å². The zero-order valence-corrected chi connectivity index (χ0v) is 14.7. The molecule has 136 valence electrons.